The third kappa shape index (κ3) is 3.43. The van der Waals surface area contributed by atoms with Gasteiger partial charge >= 0.3 is 5.97 Å². The highest BCUT2D eigenvalue weighted by Crippen LogP contribution is 2.21. The standard InChI is InChI=1S/C18H21NO2/c1-12-8-9-13(2)15(10-12)11-19-17-7-5-6-16(14(17)3)18(20)21-4/h5-10,19H,11H2,1-4H3. The van der Waals surface area contributed by atoms with E-state index in [2.05, 4.69) is 37.4 Å². The lowest BCUT2D eigenvalue weighted by molar-refractivity contribution is 0.0600. The van der Waals surface area contributed by atoms with Crippen LogP contribution in [0.5, 0.6) is 0 Å². The fraction of sp³-hybridized carbons (Fsp3) is 0.278. The lowest BCUT2D eigenvalue weighted by atomic mass is 10.0. The van der Waals surface area contributed by atoms with Gasteiger partial charge in [0.2, 0.25) is 0 Å². The number of carbonyl (C=O) groups excluding carboxylic acids is 1. The molecule has 0 aliphatic rings. The van der Waals surface area contributed by atoms with Gasteiger partial charge in [0.05, 0.1) is 12.7 Å². The van der Waals surface area contributed by atoms with Crippen LogP contribution < -0.4 is 5.32 Å². The summed E-state index contributed by atoms with van der Waals surface area (Å²) in [5, 5.41) is 3.41. The minimum absolute atomic E-state index is 0.303. The van der Waals surface area contributed by atoms with E-state index in [0.717, 1.165) is 17.8 Å². The molecule has 0 bridgehead atoms. The Balaban J connectivity index is 2.21. The summed E-state index contributed by atoms with van der Waals surface area (Å²) >= 11 is 0. The maximum absolute atomic E-state index is 11.7. The molecular formula is C18H21NO2. The van der Waals surface area contributed by atoms with Gasteiger partial charge in [-0.25, -0.2) is 4.79 Å². The Labute approximate surface area is 126 Å². The number of methoxy groups -OCH3 is 1. The highest BCUT2D eigenvalue weighted by atomic mass is 16.5. The topological polar surface area (TPSA) is 38.3 Å². The Morgan fingerprint density at radius 1 is 1.14 bits per heavy atom. The van der Waals surface area contributed by atoms with Gasteiger partial charge in [0.1, 0.15) is 0 Å². The quantitative estimate of drug-likeness (QED) is 0.862. The van der Waals surface area contributed by atoms with Crippen molar-refractivity contribution < 1.29 is 9.53 Å². The molecule has 3 nitrogen and oxygen atoms in total. The van der Waals surface area contributed by atoms with Crippen LogP contribution in [0, 0.1) is 20.8 Å². The molecule has 1 N–H and O–H groups in total. The molecule has 2 rings (SSSR count). The number of anilines is 1. The molecule has 0 unspecified atom stereocenters. The van der Waals surface area contributed by atoms with Crippen molar-refractivity contribution in [3.63, 3.8) is 0 Å². The Morgan fingerprint density at radius 3 is 2.62 bits per heavy atom. The number of benzene rings is 2. The zero-order chi connectivity index (χ0) is 15.4. The van der Waals surface area contributed by atoms with E-state index in [1.165, 1.54) is 23.8 Å². The van der Waals surface area contributed by atoms with Gasteiger partial charge in [-0.3, -0.25) is 0 Å². The van der Waals surface area contributed by atoms with E-state index in [4.69, 9.17) is 4.74 Å². The maximum Gasteiger partial charge on any atom is 0.338 e. The van der Waals surface area contributed by atoms with Crippen LogP contribution in [0.3, 0.4) is 0 Å². The van der Waals surface area contributed by atoms with E-state index in [-0.39, 0.29) is 5.97 Å². The molecule has 2 aromatic rings. The number of hydrogen-bond donors (Lipinski definition) is 1. The average molecular weight is 283 g/mol. The fourth-order valence-corrected chi connectivity index (χ4v) is 2.34. The molecule has 2 aromatic carbocycles. The number of rotatable bonds is 4. The zero-order valence-corrected chi connectivity index (χ0v) is 13.0. The van der Waals surface area contributed by atoms with E-state index in [9.17, 15) is 4.79 Å². The van der Waals surface area contributed by atoms with E-state index in [1.807, 2.05) is 19.1 Å². The molecule has 0 aromatic heterocycles. The van der Waals surface area contributed by atoms with Crippen LogP contribution in [0.4, 0.5) is 5.69 Å². The van der Waals surface area contributed by atoms with E-state index >= 15 is 0 Å². The monoisotopic (exact) mass is 283 g/mol. The van der Waals surface area contributed by atoms with E-state index in [1.54, 1.807) is 6.07 Å². The summed E-state index contributed by atoms with van der Waals surface area (Å²) in [5.41, 5.74) is 6.24. The minimum Gasteiger partial charge on any atom is -0.465 e. The van der Waals surface area contributed by atoms with Crippen molar-refractivity contribution in [3.8, 4) is 0 Å². The van der Waals surface area contributed by atoms with Gasteiger partial charge in [-0.1, -0.05) is 29.8 Å². The maximum atomic E-state index is 11.7. The largest absolute Gasteiger partial charge is 0.465 e. The predicted octanol–water partition coefficient (Wildman–Crippen LogP) is 4.01. The van der Waals surface area contributed by atoms with Gasteiger partial charge in [-0.15, -0.1) is 0 Å². The normalized spacial score (nSPS) is 10.3. The summed E-state index contributed by atoms with van der Waals surface area (Å²) in [4.78, 5) is 11.7. The molecule has 110 valence electrons. The molecular weight excluding hydrogens is 262 g/mol. The van der Waals surface area contributed by atoms with Crippen LogP contribution in [0.1, 0.15) is 32.6 Å². The molecule has 0 amide bonds. The van der Waals surface area contributed by atoms with Gasteiger partial charge in [-0.2, -0.15) is 0 Å². The van der Waals surface area contributed by atoms with E-state index in [0.29, 0.717) is 5.56 Å². The van der Waals surface area contributed by atoms with Gasteiger partial charge in [0, 0.05) is 12.2 Å². The summed E-state index contributed by atoms with van der Waals surface area (Å²) in [6.07, 6.45) is 0. The first-order valence-electron chi connectivity index (χ1n) is 7.01. The van der Waals surface area contributed by atoms with Crippen molar-refractivity contribution in [1.29, 1.82) is 0 Å². The molecule has 21 heavy (non-hydrogen) atoms. The third-order valence-corrected chi connectivity index (χ3v) is 3.71. The molecule has 0 saturated heterocycles. The summed E-state index contributed by atoms with van der Waals surface area (Å²) in [7, 11) is 1.40. The van der Waals surface area contributed by atoms with Crippen molar-refractivity contribution in [2.24, 2.45) is 0 Å². The smallest absolute Gasteiger partial charge is 0.338 e. The van der Waals surface area contributed by atoms with Gasteiger partial charge in [-0.05, 0) is 49.6 Å². The third-order valence-electron chi connectivity index (χ3n) is 3.71. The summed E-state index contributed by atoms with van der Waals surface area (Å²) in [5.74, 6) is -0.303. The number of aryl methyl sites for hydroxylation is 2. The van der Waals surface area contributed by atoms with Gasteiger partial charge in [0.15, 0.2) is 0 Å². The van der Waals surface area contributed by atoms with Crippen LogP contribution in [0.25, 0.3) is 0 Å². The molecule has 0 radical (unpaired) electrons. The molecule has 0 spiro atoms. The Morgan fingerprint density at radius 2 is 1.90 bits per heavy atom. The second kappa shape index (κ2) is 6.44. The number of carbonyl (C=O) groups is 1. The first-order chi connectivity index (χ1) is 10.0. The number of esters is 1. The van der Waals surface area contributed by atoms with E-state index < -0.39 is 0 Å². The van der Waals surface area contributed by atoms with Crippen molar-refractivity contribution in [2.45, 2.75) is 27.3 Å². The van der Waals surface area contributed by atoms with Gasteiger partial charge in [0.25, 0.3) is 0 Å². The molecule has 0 atom stereocenters. The summed E-state index contributed by atoms with van der Waals surface area (Å²) in [6, 6.07) is 12.1. The van der Waals surface area contributed by atoms with Crippen LogP contribution in [-0.2, 0) is 11.3 Å². The Kier molecular flexibility index (Phi) is 4.63. The predicted molar refractivity (Wildman–Crippen MR) is 85.8 cm³/mol. The second-order valence-corrected chi connectivity index (χ2v) is 5.25. The van der Waals surface area contributed by atoms with Crippen molar-refractivity contribution >= 4 is 11.7 Å². The average Bonchev–Trinajstić information content (AvgIpc) is 2.48. The van der Waals surface area contributed by atoms with Crippen LogP contribution >= 0.6 is 0 Å². The lowest BCUT2D eigenvalue weighted by Crippen LogP contribution is -2.08. The first kappa shape index (κ1) is 15.1. The Hall–Kier alpha value is -2.29. The first-order valence-corrected chi connectivity index (χ1v) is 7.01. The van der Waals surface area contributed by atoms with Crippen molar-refractivity contribution in [1.82, 2.24) is 0 Å². The Bertz CT molecular complexity index is 662. The van der Waals surface area contributed by atoms with Gasteiger partial charge < -0.3 is 10.1 Å². The number of nitrogens with one attached hydrogen (secondary N) is 1. The van der Waals surface area contributed by atoms with Crippen LogP contribution in [0.2, 0.25) is 0 Å². The van der Waals surface area contributed by atoms with Crippen LogP contribution in [0.15, 0.2) is 36.4 Å². The zero-order valence-electron chi connectivity index (χ0n) is 13.0. The molecule has 0 heterocycles. The molecule has 0 aliphatic carbocycles. The lowest BCUT2D eigenvalue weighted by Gasteiger charge is -2.14. The molecule has 0 saturated carbocycles. The molecule has 3 heteroatoms. The van der Waals surface area contributed by atoms with Crippen molar-refractivity contribution in [3.05, 3.63) is 64.2 Å². The molecule has 0 aliphatic heterocycles. The van der Waals surface area contributed by atoms with Crippen LogP contribution in [-0.4, -0.2) is 13.1 Å². The SMILES string of the molecule is COC(=O)c1cccc(NCc2cc(C)ccc2C)c1C. The fourth-order valence-electron chi connectivity index (χ4n) is 2.34. The number of hydrogen-bond acceptors (Lipinski definition) is 3. The number of ether oxygens (including phenoxy) is 1. The second-order valence-electron chi connectivity index (χ2n) is 5.25. The summed E-state index contributed by atoms with van der Waals surface area (Å²) in [6.45, 7) is 6.86. The van der Waals surface area contributed by atoms with Crippen molar-refractivity contribution in [2.75, 3.05) is 12.4 Å². The molecule has 0 fully saturated rings. The summed E-state index contributed by atoms with van der Waals surface area (Å²) < 4.78 is 4.80. The minimum atomic E-state index is -0.303. The highest BCUT2D eigenvalue weighted by Gasteiger charge is 2.11. The highest BCUT2D eigenvalue weighted by molar-refractivity contribution is 5.92.